The highest BCUT2D eigenvalue weighted by molar-refractivity contribution is 7.52. The minimum Gasteiger partial charge on any atom is -0.306 e. The van der Waals surface area contributed by atoms with Crippen LogP contribution in [0.2, 0.25) is 0 Å². The van der Waals surface area contributed by atoms with Gasteiger partial charge in [-0.2, -0.15) is 4.20 Å². The molecule has 0 fully saturated rings. The standard InChI is InChI=1S/C9H20FO2P/c1-3-4-5-6-7-8-9-12-13(2,10)11/h3-9H2,1-2H3. The molecule has 0 amide bonds. The summed E-state index contributed by atoms with van der Waals surface area (Å²) >= 11 is 0. The van der Waals surface area contributed by atoms with Crippen LogP contribution in [0.25, 0.3) is 0 Å². The van der Waals surface area contributed by atoms with Crippen molar-refractivity contribution in [2.24, 2.45) is 0 Å². The van der Waals surface area contributed by atoms with Crippen LogP contribution in [0.4, 0.5) is 4.20 Å². The van der Waals surface area contributed by atoms with Crippen molar-refractivity contribution >= 4 is 7.68 Å². The molecule has 0 aromatic heterocycles. The van der Waals surface area contributed by atoms with Crippen LogP contribution in [0.5, 0.6) is 0 Å². The van der Waals surface area contributed by atoms with E-state index in [0.29, 0.717) is 0 Å². The van der Waals surface area contributed by atoms with Crippen LogP contribution in [-0.2, 0) is 9.09 Å². The maximum atomic E-state index is 12.4. The van der Waals surface area contributed by atoms with Gasteiger partial charge in [0.2, 0.25) is 0 Å². The fourth-order valence-corrected chi connectivity index (χ4v) is 1.57. The highest BCUT2D eigenvalue weighted by Crippen LogP contribution is 2.43. The first-order valence-corrected chi connectivity index (χ1v) is 6.94. The van der Waals surface area contributed by atoms with Gasteiger partial charge in [-0.15, -0.1) is 0 Å². The van der Waals surface area contributed by atoms with Gasteiger partial charge in [0.05, 0.1) is 6.61 Å². The minimum absolute atomic E-state index is 0.288. The van der Waals surface area contributed by atoms with Crippen molar-refractivity contribution in [2.75, 3.05) is 13.3 Å². The lowest BCUT2D eigenvalue weighted by molar-refractivity contribution is 0.282. The molecule has 0 aliphatic rings. The molecular weight excluding hydrogens is 190 g/mol. The average molecular weight is 210 g/mol. The average Bonchev–Trinajstić information content (AvgIpc) is 2.01. The zero-order chi connectivity index (χ0) is 10.2. The summed E-state index contributed by atoms with van der Waals surface area (Å²) in [5, 5.41) is 0. The summed E-state index contributed by atoms with van der Waals surface area (Å²) in [4.78, 5) is 0. The maximum Gasteiger partial charge on any atom is 0.364 e. The van der Waals surface area contributed by atoms with Crippen LogP contribution in [0, 0.1) is 0 Å². The van der Waals surface area contributed by atoms with Gasteiger partial charge in [-0.1, -0.05) is 39.0 Å². The molecule has 0 bridgehead atoms. The van der Waals surface area contributed by atoms with E-state index in [-0.39, 0.29) is 6.61 Å². The van der Waals surface area contributed by atoms with Gasteiger partial charge in [0.1, 0.15) is 0 Å². The lowest BCUT2D eigenvalue weighted by Crippen LogP contribution is -1.89. The Kier molecular flexibility index (Phi) is 7.59. The Bertz CT molecular complexity index is 156. The van der Waals surface area contributed by atoms with Gasteiger partial charge in [0.25, 0.3) is 0 Å². The molecule has 80 valence electrons. The Morgan fingerprint density at radius 1 is 1.15 bits per heavy atom. The number of unbranched alkanes of at least 4 members (excludes halogenated alkanes) is 5. The molecule has 0 saturated carbocycles. The third-order valence-corrected chi connectivity index (χ3v) is 2.46. The first kappa shape index (κ1) is 13.1. The second kappa shape index (κ2) is 7.52. The predicted octanol–water partition coefficient (Wildman–Crippen LogP) is 4.16. The molecule has 0 spiro atoms. The quantitative estimate of drug-likeness (QED) is 0.444. The Morgan fingerprint density at radius 3 is 2.23 bits per heavy atom. The third kappa shape index (κ3) is 12.1. The Labute approximate surface area is 80.4 Å². The van der Waals surface area contributed by atoms with Gasteiger partial charge in [-0.25, -0.2) is 0 Å². The van der Waals surface area contributed by atoms with E-state index in [4.69, 9.17) is 0 Å². The Hall–Kier alpha value is 0.120. The molecule has 1 atom stereocenters. The van der Waals surface area contributed by atoms with Crippen molar-refractivity contribution in [3.05, 3.63) is 0 Å². The smallest absolute Gasteiger partial charge is 0.306 e. The molecule has 0 aliphatic heterocycles. The molecule has 0 rings (SSSR count). The molecule has 4 heteroatoms. The van der Waals surface area contributed by atoms with E-state index in [1.165, 1.54) is 19.3 Å². The number of hydrogen-bond acceptors (Lipinski definition) is 2. The fraction of sp³-hybridized carbons (Fsp3) is 1.00. The summed E-state index contributed by atoms with van der Waals surface area (Å²) in [7, 11) is -3.73. The van der Waals surface area contributed by atoms with Gasteiger partial charge >= 0.3 is 7.68 Å². The summed E-state index contributed by atoms with van der Waals surface area (Å²) in [5.41, 5.74) is 0. The van der Waals surface area contributed by atoms with Gasteiger partial charge in [-0.05, 0) is 6.42 Å². The second-order valence-corrected chi connectivity index (χ2v) is 5.10. The topological polar surface area (TPSA) is 26.3 Å². The van der Waals surface area contributed by atoms with Crippen molar-refractivity contribution in [1.82, 2.24) is 0 Å². The molecule has 0 N–H and O–H groups in total. The number of halogens is 1. The van der Waals surface area contributed by atoms with Crippen molar-refractivity contribution in [3.63, 3.8) is 0 Å². The van der Waals surface area contributed by atoms with E-state index in [2.05, 4.69) is 11.4 Å². The molecular formula is C9H20FO2P. The monoisotopic (exact) mass is 210 g/mol. The lowest BCUT2D eigenvalue weighted by atomic mass is 10.1. The van der Waals surface area contributed by atoms with Crippen LogP contribution in [0.1, 0.15) is 45.4 Å². The molecule has 1 unspecified atom stereocenters. The highest BCUT2D eigenvalue weighted by Gasteiger charge is 2.11. The number of rotatable bonds is 8. The molecule has 13 heavy (non-hydrogen) atoms. The van der Waals surface area contributed by atoms with Gasteiger partial charge in [0.15, 0.2) is 0 Å². The molecule has 0 aromatic rings. The van der Waals surface area contributed by atoms with Crippen LogP contribution in [0.3, 0.4) is 0 Å². The minimum atomic E-state index is -3.73. The Balaban J connectivity index is 3.04. The van der Waals surface area contributed by atoms with Crippen molar-refractivity contribution in [3.8, 4) is 0 Å². The molecule has 0 aromatic carbocycles. The summed E-state index contributed by atoms with van der Waals surface area (Å²) < 4.78 is 27.3. The lowest BCUT2D eigenvalue weighted by Gasteiger charge is -2.04. The van der Waals surface area contributed by atoms with Gasteiger partial charge < -0.3 is 4.52 Å². The summed E-state index contributed by atoms with van der Waals surface area (Å²) in [6, 6.07) is 0. The second-order valence-electron chi connectivity index (χ2n) is 3.35. The summed E-state index contributed by atoms with van der Waals surface area (Å²) in [6.45, 7) is 3.46. The molecule has 2 nitrogen and oxygen atoms in total. The van der Waals surface area contributed by atoms with E-state index in [1.807, 2.05) is 0 Å². The SMILES string of the molecule is CCCCCCCCOP(C)(=O)F. The predicted molar refractivity (Wildman–Crippen MR) is 54.0 cm³/mol. The summed E-state index contributed by atoms with van der Waals surface area (Å²) in [5.74, 6) is 0. The summed E-state index contributed by atoms with van der Waals surface area (Å²) in [6.07, 6.45) is 6.74. The van der Waals surface area contributed by atoms with E-state index >= 15 is 0 Å². The van der Waals surface area contributed by atoms with E-state index in [0.717, 1.165) is 25.9 Å². The van der Waals surface area contributed by atoms with Crippen molar-refractivity contribution in [1.29, 1.82) is 0 Å². The molecule has 0 saturated heterocycles. The van der Waals surface area contributed by atoms with Gasteiger partial charge in [0, 0.05) is 6.66 Å². The highest BCUT2D eigenvalue weighted by atomic mass is 31.2. The third-order valence-electron chi connectivity index (χ3n) is 1.82. The van der Waals surface area contributed by atoms with Crippen LogP contribution >= 0.6 is 7.68 Å². The van der Waals surface area contributed by atoms with E-state index in [1.54, 1.807) is 0 Å². The Morgan fingerprint density at radius 2 is 1.69 bits per heavy atom. The first-order valence-electron chi connectivity index (χ1n) is 4.98. The normalized spacial score (nSPS) is 15.6. The zero-order valence-corrected chi connectivity index (χ0v) is 9.49. The zero-order valence-electron chi connectivity index (χ0n) is 8.59. The molecule has 0 radical (unpaired) electrons. The van der Waals surface area contributed by atoms with Crippen molar-refractivity contribution in [2.45, 2.75) is 45.4 Å². The van der Waals surface area contributed by atoms with Crippen LogP contribution in [-0.4, -0.2) is 13.3 Å². The van der Waals surface area contributed by atoms with Crippen molar-refractivity contribution < 1.29 is 13.3 Å². The largest absolute Gasteiger partial charge is 0.364 e. The van der Waals surface area contributed by atoms with Gasteiger partial charge in [-0.3, -0.25) is 4.57 Å². The van der Waals surface area contributed by atoms with E-state index in [9.17, 15) is 8.76 Å². The molecule has 0 heterocycles. The molecule has 0 aliphatic carbocycles. The van der Waals surface area contributed by atoms with E-state index < -0.39 is 7.68 Å². The fourth-order valence-electron chi connectivity index (χ4n) is 1.11. The first-order chi connectivity index (χ1) is 6.06. The maximum absolute atomic E-state index is 12.4. The van der Waals surface area contributed by atoms with Crippen LogP contribution < -0.4 is 0 Å². The number of hydrogen-bond donors (Lipinski definition) is 0. The van der Waals surface area contributed by atoms with Crippen LogP contribution in [0.15, 0.2) is 0 Å².